The monoisotopic (exact) mass is 344 g/mol. The zero-order chi connectivity index (χ0) is 13.9. The van der Waals surface area contributed by atoms with Crippen molar-refractivity contribution in [2.75, 3.05) is 0 Å². The number of benzene rings is 2. The fourth-order valence-electron chi connectivity index (χ4n) is 2.22. The molecule has 0 saturated heterocycles. The molecule has 1 N–H and O–H groups in total. The van der Waals surface area contributed by atoms with E-state index in [4.69, 9.17) is 12.2 Å². The summed E-state index contributed by atoms with van der Waals surface area (Å²) in [6.07, 6.45) is 1.97. The van der Waals surface area contributed by atoms with E-state index in [0.29, 0.717) is 0 Å². The average molecular weight is 345 g/mol. The molecule has 0 unspecified atom stereocenters. The molecule has 0 aliphatic rings. The topological polar surface area (TPSA) is 20.7 Å². The van der Waals surface area contributed by atoms with Crippen molar-refractivity contribution in [3.8, 4) is 11.3 Å². The highest BCUT2D eigenvalue weighted by atomic mass is 79.9. The Morgan fingerprint density at radius 1 is 1.05 bits per heavy atom. The molecule has 1 heterocycles. The maximum atomic E-state index is 5.40. The molecule has 0 bridgehead atoms. The van der Waals surface area contributed by atoms with E-state index in [2.05, 4.69) is 49.7 Å². The standard InChI is InChI=1S/C16H13BrN2S/c17-14-8-4-5-12(9-14)11-19-15(10-18-16(19)20)13-6-2-1-3-7-13/h1-10H,11H2,(H,18,20). The average Bonchev–Trinajstić information content (AvgIpc) is 2.81. The van der Waals surface area contributed by atoms with E-state index < -0.39 is 0 Å². The van der Waals surface area contributed by atoms with Crippen molar-refractivity contribution >= 4 is 28.1 Å². The Bertz CT molecular complexity index is 774. The van der Waals surface area contributed by atoms with E-state index >= 15 is 0 Å². The first-order chi connectivity index (χ1) is 9.74. The van der Waals surface area contributed by atoms with Crippen LogP contribution in [0.3, 0.4) is 0 Å². The van der Waals surface area contributed by atoms with Gasteiger partial charge in [0, 0.05) is 10.7 Å². The number of aromatic amines is 1. The molecule has 0 aliphatic carbocycles. The molecule has 2 aromatic carbocycles. The predicted molar refractivity (Wildman–Crippen MR) is 88.3 cm³/mol. The Labute approximate surface area is 131 Å². The van der Waals surface area contributed by atoms with Gasteiger partial charge in [0.2, 0.25) is 0 Å². The van der Waals surface area contributed by atoms with E-state index in [1.165, 1.54) is 5.56 Å². The van der Waals surface area contributed by atoms with Crippen molar-refractivity contribution in [2.45, 2.75) is 6.54 Å². The van der Waals surface area contributed by atoms with Crippen molar-refractivity contribution in [3.63, 3.8) is 0 Å². The zero-order valence-electron chi connectivity index (χ0n) is 10.7. The number of nitrogens with one attached hydrogen (secondary N) is 1. The second-order valence-electron chi connectivity index (χ2n) is 4.56. The van der Waals surface area contributed by atoms with Gasteiger partial charge >= 0.3 is 0 Å². The lowest BCUT2D eigenvalue weighted by atomic mass is 10.1. The van der Waals surface area contributed by atoms with Crippen molar-refractivity contribution in [1.82, 2.24) is 9.55 Å². The van der Waals surface area contributed by atoms with Gasteiger partial charge in [-0.25, -0.2) is 0 Å². The minimum absolute atomic E-state index is 0.740. The van der Waals surface area contributed by atoms with Gasteiger partial charge in [-0.3, -0.25) is 0 Å². The number of hydrogen-bond donors (Lipinski definition) is 1. The van der Waals surface area contributed by atoms with Crippen LogP contribution < -0.4 is 0 Å². The van der Waals surface area contributed by atoms with Gasteiger partial charge in [0.1, 0.15) is 0 Å². The Morgan fingerprint density at radius 2 is 1.85 bits per heavy atom. The molecule has 2 nitrogen and oxygen atoms in total. The molecule has 0 amide bonds. The van der Waals surface area contributed by atoms with Gasteiger partial charge in [-0.2, -0.15) is 0 Å². The largest absolute Gasteiger partial charge is 0.337 e. The number of halogens is 1. The zero-order valence-corrected chi connectivity index (χ0v) is 13.1. The molecular formula is C16H13BrN2S. The highest BCUT2D eigenvalue weighted by molar-refractivity contribution is 9.10. The molecule has 4 heteroatoms. The van der Waals surface area contributed by atoms with Crippen LogP contribution in [0.2, 0.25) is 0 Å². The summed E-state index contributed by atoms with van der Waals surface area (Å²) in [5.74, 6) is 0. The van der Waals surface area contributed by atoms with Gasteiger partial charge < -0.3 is 9.55 Å². The maximum absolute atomic E-state index is 5.40. The first-order valence-electron chi connectivity index (χ1n) is 6.32. The Kier molecular flexibility index (Phi) is 3.85. The highest BCUT2D eigenvalue weighted by Crippen LogP contribution is 2.21. The molecule has 0 saturated carbocycles. The van der Waals surface area contributed by atoms with Crippen LogP contribution in [-0.4, -0.2) is 9.55 Å². The van der Waals surface area contributed by atoms with Gasteiger partial charge in [0.05, 0.1) is 12.2 Å². The first-order valence-corrected chi connectivity index (χ1v) is 7.52. The Balaban J connectivity index is 2.02. The normalized spacial score (nSPS) is 10.7. The van der Waals surface area contributed by atoms with Crippen LogP contribution >= 0.6 is 28.1 Å². The molecule has 3 aromatic rings. The summed E-state index contributed by atoms with van der Waals surface area (Å²) < 4.78 is 3.94. The minimum Gasteiger partial charge on any atom is -0.337 e. The van der Waals surface area contributed by atoms with Crippen molar-refractivity contribution in [3.05, 3.63) is 75.6 Å². The van der Waals surface area contributed by atoms with Gasteiger partial charge in [0.15, 0.2) is 4.77 Å². The smallest absolute Gasteiger partial charge is 0.177 e. The SMILES string of the molecule is S=c1[nH]cc(-c2ccccc2)n1Cc1cccc(Br)c1. The minimum atomic E-state index is 0.740. The summed E-state index contributed by atoms with van der Waals surface area (Å²) in [4.78, 5) is 3.14. The Morgan fingerprint density at radius 3 is 2.60 bits per heavy atom. The number of aromatic nitrogens is 2. The van der Waals surface area contributed by atoms with E-state index in [1.807, 2.05) is 36.5 Å². The van der Waals surface area contributed by atoms with Crippen molar-refractivity contribution in [2.24, 2.45) is 0 Å². The lowest BCUT2D eigenvalue weighted by Gasteiger charge is -2.09. The third-order valence-corrected chi connectivity index (χ3v) is 4.00. The van der Waals surface area contributed by atoms with E-state index in [0.717, 1.165) is 27.0 Å². The second kappa shape index (κ2) is 5.77. The summed E-state index contributed by atoms with van der Waals surface area (Å²) in [6.45, 7) is 0.756. The molecule has 20 heavy (non-hydrogen) atoms. The number of rotatable bonds is 3. The van der Waals surface area contributed by atoms with E-state index in [9.17, 15) is 0 Å². The molecule has 0 fully saturated rings. The summed E-state index contributed by atoms with van der Waals surface area (Å²) in [5.41, 5.74) is 3.48. The fraction of sp³-hybridized carbons (Fsp3) is 0.0625. The third-order valence-electron chi connectivity index (χ3n) is 3.17. The summed E-state index contributed by atoms with van der Waals surface area (Å²) in [6, 6.07) is 18.6. The molecule has 3 rings (SSSR count). The van der Waals surface area contributed by atoms with Crippen molar-refractivity contribution < 1.29 is 0 Å². The lowest BCUT2D eigenvalue weighted by molar-refractivity contribution is 0.791. The summed E-state index contributed by atoms with van der Waals surface area (Å²) in [5, 5.41) is 0. The number of nitrogens with zero attached hydrogens (tertiary/aromatic N) is 1. The van der Waals surface area contributed by atoms with E-state index in [1.54, 1.807) is 0 Å². The van der Waals surface area contributed by atoms with E-state index in [-0.39, 0.29) is 0 Å². The third kappa shape index (κ3) is 2.76. The lowest BCUT2D eigenvalue weighted by Crippen LogP contribution is -2.01. The molecule has 1 aromatic heterocycles. The molecule has 0 atom stereocenters. The quantitative estimate of drug-likeness (QED) is 0.661. The molecule has 0 aliphatic heterocycles. The fourth-order valence-corrected chi connectivity index (χ4v) is 2.89. The molecule has 0 spiro atoms. The van der Waals surface area contributed by atoms with Crippen LogP contribution in [0.25, 0.3) is 11.3 Å². The maximum Gasteiger partial charge on any atom is 0.177 e. The van der Waals surface area contributed by atoms with Crippen molar-refractivity contribution in [1.29, 1.82) is 0 Å². The summed E-state index contributed by atoms with van der Waals surface area (Å²) >= 11 is 8.91. The number of hydrogen-bond acceptors (Lipinski definition) is 1. The highest BCUT2D eigenvalue weighted by Gasteiger charge is 2.07. The van der Waals surface area contributed by atoms with Crippen LogP contribution in [0.5, 0.6) is 0 Å². The molecule has 100 valence electrons. The number of H-pyrrole nitrogens is 1. The number of imidazole rings is 1. The van der Waals surface area contributed by atoms with Gasteiger partial charge in [-0.15, -0.1) is 0 Å². The predicted octanol–water partition coefficient (Wildman–Crippen LogP) is 5.02. The van der Waals surface area contributed by atoms with Gasteiger partial charge in [-0.05, 0) is 35.5 Å². The van der Waals surface area contributed by atoms with Crippen LogP contribution in [0.15, 0.2) is 65.3 Å². The summed E-state index contributed by atoms with van der Waals surface area (Å²) in [7, 11) is 0. The van der Waals surface area contributed by atoms with Gasteiger partial charge in [0.25, 0.3) is 0 Å². The van der Waals surface area contributed by atoms with Crippen LogP contribution in [0, 0.1) is 4.77 Å². The van der Waals surface area contributed by atoms with Crippen LogP contribution in [-0.2, 0) is 6.54 Å². The van der Waals surface area contributed by atoms with Crippen LogP contribution in [0.4, 0.5) is 0 Å². The Hall–Kier alpha value is -1.65. The van der Waals surface area contributed by atoms with Gasteiger partial charge in [-0.1, -0.05) is 58.4 Å². The molecular weight excluding hydrogens is 332 g/mol. The first kappa shape index (κ1) is 13.3. The van der Waals surface area contributed by atoms with Crippen LogP contribution in [0.1, 0.15) is 5.56 Å². The molecule has 0 radical (unpaired) electrons. The second-order valence-corrected chi connectivity index (χ2v) is 5.86.